The van der Waals surface area contributed by atoms with Crippen LogP contribution in [0.3, 0.4) is 0 Å². The molecule has 2 rings (SSSR count). The van der Waals surface area contributed by atoms with Crippen LogP contribution in [-0.4, -0.2) is 11.8 Å². The van der Waals surface area contributed by atoms with Crippen molar-refractivity contribution in [1.82, 2.24) is 0 Å². The molecule has 0 spiro atoms. The summed E-state index contributed by atoms with van der Waals surface area (Å²) in [4.78, 5) is 24.9. The fourth-order valence-corrected chi connectivity index (χ4v) is 7.41. The molecule has 0 aliphatic rings. The molecule has 0 bridgehead atoms. The summed E-state index contributed by atoms with van der Waals surface area (Å²) >= 11 is 0. The van der Waals surface area contributed by atoms with Gasteiger partial charge in [-0.05, 0) is 54.7 Å². The number of anilines is 2. The lowest BCUT2D eigenvalue weighted by Crippen LogP contribution is -2.11. The van der Waals surface area contributed by atoms with Gasteiger partial charge >= 0.3 is 0 Å². The lowest BCUT2D eigenvalue weighted by molar-refractivity contribution is -0.117. The molecule has 0 saturated carbocycles. The molecule has 0 aliphatic carbocycles. The maximum absolute atomic E-state index is 12.5. The molecule has 300 valence electrons. The molecule has 0 fully saturated rings. The van der Waals surface area contributed by atoms with E-state index in [1.54, 1.807) is 0 Å². The Balaban J connectivity index is 1.44. The van der Waals surface area contributed by atoms with E-state index in [9.17, 15) is 9.59 Å². The molecule has 0 unspecified atom stereocenters. The lowest BCUT2D eigenvalue weighted by atomic mass is 10.0. The van der Waals surface area contributed by atoms with Crippen molar-refractivity contribution >= 4 is 23.2 Å². The van der Waals surface area contributed by atoms with E-state index in [-0.39, 0.29) is 11.8 Å². The lowest BCUT2D eigenvalue weighted by Gasteiger charge is -2.09. The molecule has 0 atom stereocenters. The zero-order valence-electron chi connectivity index (χ0n) is 34.8. The Morgan fingerprint density at radius 2 is 0.566 bits per heavy atom. The van der Waals surface area contributed by atoms with Gasteiger partial charge in [0.1, 0.15) is 0 Å². The number of hydrogen-bond donors (Lipinski definition) is 2. The van der Waals surface area contributed by atoms with Gasteiger partial charge in [-0.25, -0.2) is 0 Å². The van der Waals surface area contributed by atoms with Gasteiger partial charge in [0.15, 0.2) is 0 Å². The third-order valence-electron chi connectivity index (χ3n) is 10.9. The van der Waals surface area contributed by atoms with Crippen LogP contribution in [0.15, 0.2) is 48.5 Å². The first-order chi connectivity index (χ1) is 26.1. The van der Waals surface area contributed by atoms with Crippen molar-refractivity contribution in [2.45, 2.75) is 226 Å². The standard InChI is InChI=1S/C49H82N2O2/c1-3-5-7-9-11-13-15-17-19-21-23-25-27-29-31-33-48(52)50-46-39-35-44(36-40-46)43-45-37-41-47(42-38-45)51-49(53)34-32-30-28-26-24-22-20-18-16-14-12-10-8-6-4-2/h35-42H,3-34,43H2,1-2H3,(H,50,52)(H,51,53). The fraction of sp³-hybridized carbons (Fsp3) is 0.714. The first kappa shape index (κ1) is 46.5. The number of benzene rings is 2. The summed E-state index contributed by atoms with van der Waals surface area (Å²) in [5.74, 6) is 0.231. The van der Waals surface area contributed by atoms with E-state index >= 15 is 0 Å². The van der Waals surface area contributed by atoms with E-state index in [1.807, 2.05) is 24.3 Å². The van der Waals surface area contributed by atoms with Crippen LogP contribution in [0.1, 0.15) is 230 Å². The van der Waals surface area contributed by atoms with Gasteiger partial charge in [-0.2, -0.15) is 0 Å². The highest BCUT2D eigenvalue weighted by molar-refractivity contribution is 5.91. The van der Waals surface area contributed by atoms with Crippen LogP contribution >= 0.6 is 0 Å². The molecular formula is C49H82N2O2. The minimum Gasteiger partial charge on any atom is -0.326 e. The molecule has 0 aromatic heterocycles. The Kier molecular flexibility index (Phi) is 29.8. The van der Waals surface area contributed by atoms with E-state index < -0.39 is 0 Å². The summed E-state index contributed by atoms with van der Waals surface area (Å²) in [7, 11) is 0. The Morgan fingerprint density at radius 1 is 0.340 bits per heavy atom. The molecule has 4 heteroatoms. The topological polar surface area (TPSA) is 58.2 Å². The zero-order chi connectivity index (χ0) is 37.9. The third-order valence-corrected chi connectivity index (χ3v) is 10.9. The molecule has 0 aliphatic heterocycles. The van der Waals surface area contributed by atoms with Crippen LogP contribution in [0.5, 0.6) is 0 Å². The van der Waals surface area contributed by atoms with E-state index in [2.05, 4.69) is 48.7 Å². The van der Waals surface area contributed by atoms with Crippen LogP contribution < -0.4 is 10.6 Å². The molecule has 53 heavy (non-hydrogen) atoms. The number of carbonyl (C=O) groups excluding carboxylic acids is 2. The number of amides is 2. The summed E-state index contributed by atoms with van der Waals surface area (Å²) in [6.07, 6.45) is 42.1. The number of carbonyl (C=O) groups is 2. The van der Waals surface area contributed by atoms with Crippen molar-refractivity contribution in [2.24, 2.45) is 0 Å². The van der Waals surface area contributed by atoms with Crippen molar-refractivity contribution in [3.8, 4) is 0 Å². The number of hydrogen-bond acceptors (Lipinski definition) is 2. The highest BCUT2D eigenvalue weighted by Gasteiger charge is 2.06. The fourth-order valence-electron chi connectivity index (χ4n) is 7.41. The summed E-state index contributed by atoms with van der Waals surface area (Å²) in [6.45, 7) is 4.57. The van der Waals surface area contributed by atoms with Crippen LogP contribution in [0.25, 0.3) is 0 Å². The minimum absolute atomic E-state index is 0.115. The van der Waals surface area contributed by atoms with E-state index in [4.69, 9.17) is 0 Å². The van der Waals surface area contributed by atoms with Crippen LogP contribution in [0.2, 0.25) is 0 Å². The van der Waals surface area contributed by atoms with Gasteiger partial charge in [0.05, 0.1) is 0 Å². The number of rotatable bonds is 36. The van der Waals surface area contributed by atoms with Crippen molar-refractivity contribution in [3.63, 3.8) is 0 Å². The number of nitrogens with one attached hydrogen (secondary N) is 2. The van der Waals surface area contributed by atoms with Crippen LogP contribution in [0, 0.1) is 0 Å². The average molecular weight is 731 g/mol. The van der Waals surface area contributed by atoms with Gasteiger partial charge in [-0.3, -0.25) is 9.59 Å². The average Bonchev–Trinajstić information content (AvgIpc) is 3.16. The van der Waals surface area contributed by atoms with Crippen molar-refractivity contribution in [3.05, 3.63) is 59.7 Å². The van der Waals surface area contributed by atoms with Crippen LogP contribution in [-0.2, 0) is 16.0 Å². The van der Waals surface area contributed by atoms with E-state index in [0.29, 0.717) is 12.8 Å². The second-order valence-corrected chi connectivity index (χ2v) is 16.1. The Labute approximate surface area is 327 Å². The molecular weight excluding hydrogens is 649 g/mol. The minimum atomic E-state index is 0.115. The smallest absolute Gasteiger partial charge is 0.224 e. The zero-order valence-corrected chi connectivity index (χ0v) is 34.8. The predicted molar refractivity (Wildman–Crippen MR) is 232 cm³/mol. The van der Waals surface area contributed by atoms with Crippen molar-refractivity contribution in [1.29, 1.82) is 0 Å². The van der Waals surface area contributed by atoms with Crippen molar-refractivity contribution in [2.75, 3.05) is 10.6 Å². The Bertz CT molecular complexity index is 1040. The number of unbranched alkanes of at least 4 members (excludes halogenated alkanes) is 28. The monoisotopic (exact) mass is 731 g/mol. The summed E-state index contributed by atoms with van der Waals surface area (Å²) in [5.41, 5.74) is 4.14. The summed E-state index contributed by atoms with van der Waals surface area (Å²) in [6, 6.07) is 16.4. The summed E-state index contributed by atoms with van der Waals surface area (Å²) in [5, 5.41) is 6.14. The molecule has 2 amide bonds. The molecule has 4 nitrogen and oxygen atoms in total. The second kappa shape index (κ2) is 33.9. The maximum atomic E-state index is 12.5. The van der Waals surface area contributed by atoms with E-state index in [1.165, 1.54) is 178 Å². The highest BCUT2D eigenvalue weighted by atomic mass is 16.2. The maximum Gasteiger partial charge on any atom is 0.224 e. The molecule has 2 aromatic carbocycles. The molecule has 0 heterocycles. The quantitative estimate of drug-likeness (QED) is 0.0686. The third kappa shape index (κ3) is 27.6. The van der Waals surface area contributed by atoms with Gasteiger partial charge in [-0.1, -0.05) is 218 Å². The Morgan fingerprint density at radius 3 is 0.811 bits per heavy atom. The van der Waals surface area contributed by atoms with Crippen LogP contribution in [0.4, 0.5) is 11.4 Å². The molecule has 2 N–H and O–H groups in total. The Hall–Kier alpha value is -2.62. The molecule has 0 saturated heterocycles. The highest BCUT2D eigenvalue weighted by Crippen LogP contribution is 2.19. The van der Waals surface area contributed by atoms with Gasteiger partial charge in [0.2, 0.25) is 11.8 Å². The second-order valence-electron chi connectivity index (χ2n) is 16.1. The molecule has 0 radical (unpaired) electrons. The van der Waals surface area contributed by atoms with Gasteiger partial charge in [0, 0.05) is 24.2 Å². The normalized spacial score (nSPS) is 11.2. The van der Waals surface area contributed by atoms with Gasteiger partial charge in [-0.15, -0.1) is 0 Å². The largest absolute Gasteiger partial charge is 0.326 e. The van der Waals surface area contributed by atoms with E-state index in [0.717, 1.165) is 43.5 Å². The van der Waals surface area contributed by atoms with Crippen molar-refractivity contribution < 1.29 is 9.59 Å². The first-order valence-corrected chi connectivity index (χ1v) is 22.9. The summed E-state index contributed by atoms with van der Waals surface area (Å²) < 4.78 is 0. The van der Waals surface area contributed by atoms with Gasteiger partial charge in [0.25, 0.3) is 0 Å². The SMILES string of the molecule is CCCCCCCCCCCCCCCCCC(=O)Nc1ccc(Cc2ccc(NC(=O)CCCCCCCCCCCCCCCCC)cc2)cc1. The van der Waals surface area contributed by atoms with Gasteiger partial charge < -0.3 is 10.6 Å². The predicted octanol–water partition coefficient (Wildman–Crippen LogP) is 15.7. The first-order valence-electron chi connectivity index (χ1n) is 22.9. The molecule has 2 aromatic rings.